The van der Waals surface area contributed by atoms with Crippen LogP contribution in [0, 0.1) is 10.1 Å². The first-order valence-corrected chi connectivity index (χ1v) is 12.7. The molecule has 196 valence electrons. The van der Waals surface area contributed by atoms with E-state index in [1.54, 1.807) is 84.9 Å². The number of rotatable bonds is 8. The normalized spacial score (nSPS) is 10.5. The lowest BCUT2D eigenvalue weighted by molar-refractivity contribution is -0.384. The first-order chi connectivity index (χ1) is 19.4. The molecule has 0 unspecified atom stereocenters. The summed E-state index contributed by atoms with van der Waals surface area (Å²) >= 11 is 1.13. The van der Waals surface area contributed by atoms with Crippen LogP contribution in [0.15, 0.2) is 103 Å². The Balaban J connectivity index is 1.24. The maximum Gasteiger partial charge on any atom is 0.269 e. The third-order valence-corrected chi connectivity index (χ3v) is 6.72. The molecule has 0 saturated carbocycles. The molecular formula is C29H19N5O5S. The van der Waals surface area contributed by atoms with E-state index in [1.165, 1.54) is 12.1 Å². The number of hydrogen-bond donors (Lipinski definition) is 2. The molecule has 0 atom stereocenters. The summed E-state index contributed by atoms with van der Waals surface area (Å²) in [5, 5.41) is 25.0. The van der Waals surface area contributed by atoms with Gasteiger partial charge in [-0.2, -0.15) is 0 Å². The lowest BCUT2D eigenvalue weighted by Gasteiger charge is -2.10. The predicted octanol–water partition coefficient (Wildman–Crippen LogP) is 5.85. The molecule has 10 nitrogen and oxygen atoms in total. The molecule has 5 rings (SSSR count). The highest BCUT2D eigenvalue weighted by Crippen LogP contribution is 2.28. The maximum absolute atomic E-state index is 13.0. The van der Waals surface area contributed by atoms with Crippen molar-refractivity contribution in [2.75, 3.05) is 10.6 Å². The third-order valence-electron chi connectivity index (χ3n) is 5.83. The second-order valence-corrected chi connectivity index (χ2v) is 9.42. The number of amides is 2. The fraction of sp³-hybridized carbons (Fsp3) is 0. The zero-order valence-corrected chi connectivity index (χ0v) is 21.4. The Hall–Kier alpha value is -5.55. The van der Waals surface area contributed by atoms with Crippen molar-refractivity contribution in [1.82, 2.24) is 10.2 Å². The van der Waals surface area contributed by atoms with Crippen LogP contribution in [0.1, 0.15) is 36.6 Å². The lowest BCUT2D eigenvalue weighted by Crippen LogP contribution is -2.17. The van der Waals surface area contributed by atoms with E-state index in [0.717, 1.165) is 11.3 Å². The Labute approximate surface area is 231 Å². The standard InChI is InChI=1S/C29H19N5O5S/c35-25(18-6-2-1-3-7-18)23-8-4-5-9-24(23)27(37)30-21-14-10-19(11-15-21)26(36)31-29-33-32-28(40-29)20-12-16-22(17-13-20)34(38)39/h1-17H,(H,30,37)(H,31,33,36). The van der Waals surface area contributed by atoms with Gasteiger partial charge in [0.15, 0.2) is 5.78 Å². The smallest absolute Gasteiger partial charge is 0.269 e. The van der Waals surface area contributed by atoms with Crippen molar-refractivity contribution in [3.63, 3.8) is 0 Å². The lowest BCUT2D eigenvalue weighted by atomic mass is 9.98. The summed E-state index contributed by atoms with van der Waals surface area (Å²) in [5.74, 6) is -1.14. The van der Waals surface area contributed by atoms with E-state index in [0.29, 0.717) is 27.4 Å². The van der Waals surface area contributed by atoms with Crippen LogP contribution >= 0.6 is 11.3 Å². The zero-order chi connectivity index (χ0) is 28.1. The highest BCUT2D eigenvalue weighted by Gasteiger charge is 2.18. The maximum atomic E-state index is 13.0. The van der Waals surface area contributed by atoms with Gasteiger partial charge in [-0.1, -0.05) is 59.9 Å². The Morgan fingerprint density at radius 3 is 2.00 bits per heavy atom. The number of aromatic nitrogens is 2. The predicted molar refractivity (Wildman–Crippen MR) is 151 cm³/mol. The molecule has 0 aliphatic carbocycles. The number of nitro groups is 1. The number of nitrogens with one attached hydrogen (secondary N) is 2. The number of carbonyl (C=O) groups excluding carboxylic acids is 3. The number of non-ortho nitro benzene ring substituents is 1. The van der Waals surface area contributed by atoms with E-state index in [2.05, 4.69) is 20.8 Å². The summed E-state index contributed by atoms with van der Waals surface area (Å²) in [7, 11) is 0. The monoisotopic (exact) mass is 549 g/mol. The minimum atomic E-state index is -0.488. The Bertz CT molecular complexity index is 1720. The Morgan fingerprint density at radius 2 is 1.32 bits per heavy atom. The van der Waals surface area contributed by atoms with Gasteiger partial charge >= 0.3 is 0 Å². The van der Waals surface area contributed by atoms with Crippen LogP contribution in [0.3, 0.4) is 0 Å². The van der Waals surface area contributed by atoms with E-state index in [1.807, 2.05) is 6.07 Å². The highest BCUT2D eigenvalue weighted by molar-refractivity contribution is 7.18. The van der Waals surface area contributed by atoms with Crippen molar-refractivity contribution in [1.29, 1.82) is 0 Å². The number of carbonyl (C=O) groups is 3. The number of anilines is 2. The van der Waals surface area contributed by atoms with E-state index in [4.69, 9.17) is 0 Å². The van der Waals surface area contributed by atoms with Crippen molar-refractivity contribution in [2.24, 2.45) is 0 Å². The first kappa shape index (κ1) is 26.1. The average molecular weight is 550 g/mol. The molecule has 0 radical (unpaired) electrons. The van der Waals surface area contributed by atoms with Gasteiger partial charge in [0.2, 0.25) is 5.13 Å². The Morgan fingerprint density at radius 1 is 0.675 bits per heavy atom. The summed E-state index contributed by atoms with van der Waals surface area (Å²) in [6, 6.07) is 27.4. The van der Waals surface area contributed by atoms with Gasteiger partial charge in [0, 0.05) is 40.1 Å². The molecule has 0 fully saturated rings. The van der Waals surface area contributed by atoms with Gasteiger partial charge in [-0.25, -0.2) is 0 Å². The summed E-state index contributed by atoms with van der Waals surface area (Å²) in [4.78, 5) is 49.0. The molecule has 1 aromatic heterocycles. The second-order valence-electron chi connectivity index (χ2n) is 8.44. The van der Waals surface area contributed by atoms with Gasteiger partial charge < -0.3 is 5.32 Å². The van der Waals surface area contributed by atoms with Gasteiger partial charge in [0.25, 0.3) is 17.5 Å². The zero-order valence-electron chi connectivity index (χ0n) is 20.6. The van der Waals surface area contributed by atoms with Crippen molar-refractivity contribution < 1.29 is 19.3 Å². The average Bonchev–Trinajstić information content (AvgIpc) is 3.46. The first-order valence-electron chi connectivity index (χ1n) is 11.9. The molecule has 5 aromatic rings. The van der Waals surface area contributed by atoms with Crippen molar-refractivity contribution in [3.05, 3.63) is 135 Å². The van der Waals surface area contributed by atoms with Gasteiger partial charge in [-0.15, -0.1) is 10.2 Å². The Kier molecular flexibility index (Phi) is 7.47. The number of nitrogens with zero attached hydrogens (tertiary/aromatic N) is 3. The van der Waals surface area contributed by atoms with Crippen LogP contribution in [-0.4, -0.2) is 32.7 Å². The molecule has 2 amide bonds. The summed E-state index contributed by atoms with van der Waals surface area (Å²) in [6.07, 6.45) is 0. The van der Waals surface area contributed by atoms with E-state index < -0.39 is 16.7 Å². The largest absolute Gasteiger partial charge is 0.322 e. The fourth-order valence-electron chi connectivity index (χ4n) is 3.81. The molecule has 1 heterocycles. The summed E-state index contributed by atoms with van der Waals surface area (Å²) < 4.78 is 0. The molecule has 0 aliphatic rings. The van der Waals surface area contributed by atoms with Crippen LogP contribution in [0.5, 0.6) is 0 Å². The summed E-state index contributed by atoms with van der Waals surface area (Å²) in [6.45, 7) is 0. The van der Waals surface area contributed by atoms with Crippen LogP contribution in [0.25, 0.3) is 10.6 Å². The minimum absolute atomic E-state index is 0.0358. The molecule has 0 aliphatic heterocycles. The fourth-order valence-corrected chi connectivity index (χ4v) is 4.56. The molecule has 40 heavy (non-hydrogen) atoms. The van der Waals surface area contributed by atoms with Gasteiger partial charge in [-0.3, -0.25) is 29.8 Å². The summed E-state index contributed by atoms with van der Waals surface area (Å²) in [5.41, 5.74) is 2.37. The van der Waals surface area contributed by atoms with E-state index in [-0.39, 0.29) is 27.7 Å². The van der Waals surface area contributed by atoms with Crippen molar-refractivity contribution >= 4 is 45.4 Å². The topological polar surface area (TPSA) is 144 Å². The van der Waals surface area contributed by atoms with Gasteiger partial charge in [0.05, 0.1) is 10.5 Å². The van der Waals surface area contributed by atoms with Crippen molar-refractivity contribution in [2.45, 2.75) is 0 Å². The van der Waals surface area contributed by atoms with E-state index >= 15 is 0 Å². The number of ketones is 1. The SMILES string of the molecule is O=C(Nc1nnc(-c2ccc([N+](=O)[O-])cc2)s1)c1ccc(NC(=O)c2ccccc2C(=O)c2ccccc2)cc1. The number of nitro benzene ring substituents is 1. The van der Waals surface area contributed by atoms with Gasteiger partial charge in [-0.05, 0) is 42.5 Å². The van der Waals surface area contributed by atoms with E-state index in [9.17, 15) is 24.5 Å². The molecule has 0 bridgehead atoms. The molecule has 0 spiro atoms. The molecule has 11 heteroatoms. The van der Waals surface area contributed by atoms with Crippen LogP contribution in [0.4, 0.5) is 16.5 Å². The highest BCUT2D eigenvalue weighted by atomic mass is 32.1. The quantitative estimate of drug-likeness (QED) is 0.140. The third kappa shape index (κ3) is 5.79. The molecular weight excluding hydrogens is 530 g/mol. The number of benzene rings is 4. The molecule has 2 N–H and O–H groups in total. The molecule has 0 saturated heterocycles. The second kappa shape index (κ2) is 11.5. The minimum Gasteiger partial charge on any atom is -0.322 e. The van der Waals surface area contributed by atoms with Crippen LogP contribution < -0.4 is 10.6 Å². The molecule has 4 aromatic carbocycles. The van der Waals surface area contributed by atoms with Crippen molar-refractivity contribution in [3.8, 4) is 10.6 Å². The van der Waals surface area contributed by atoms with Crippen LogP contribution in [0.2, 0.25) is 0 Å². The number of hydrogen-bond acceptors (Lipinski definition) is 8. The van der Waals surface area contributed by atoms with Gasteiger partial charge in [0.1, 0.15) is 5.01 Å². The van der Waals surface area contributed by atoms with Crippen LogP contribution in [-0.2, 0) is 0 Å².